The van der Waals surface area contributed by atoms with Crippen LogP contribution < -0.4 is 0 Å². The summed E-state index contributed by atoms with van der Waals surface area (Å²) in [5.74, 6) is 0. The lowest BCUT2D eigenvalue weighted by Gasteiger charge is -2.09. The van der Waals surface area contributed by atoms with Gasteiger partial charge in [-0.25, -0.2) is 0 Å². The van der Waals surface area contributed by atoms with E-state index in [2.05, 4.69) is 36.9 Å². The minimum atomic E-state index is 0.713. The number of nitrogens with zero attached hydrogens (tertiary/aromatic N) is 3. The van der Waals surface area contributed by atoms with E-state index in [0.717, 1.165) is 27.9 Å². The zero-order valence-electron chi connectivity index (χ0n) is 10.7. The average Bonchev–Trinajstić information content (AvgIpc) is 2.56. The summed E-state index contributed by atoms with van der Waals surface area (Å²) < 4.78 is 0. The third kappa shape index (κ3) is 2.60. The molecule has 0 aliphatic carbocycles. The normalized spacial score (nSPS) is 10.4. The quantitative estimate of drug-likeness (QED) is 0.680. The first kappa shape index (κ1) is 12.9. The van der Waals surface area contributed by atoms with Crippen LogP contribution in [0.25, 0.3) is 22.3 Å². The molecule has 3 heterocycles. The van der Waals surface area contributed by atoms with Gasteiger partial charge in [0.25, 0.3) is 0 Å². The predicted molar refractivity (Wildman–Crippen MR) is 83.3 cm³/mol. The van der Waals surface area contributed by atoms with E-state index in [1.165, 1.54) is 0 Å². The highest BCUT2D eigenvalue weighted by Gasteiger charge is 2.08. The van der Waals surface area contributed by atoms with Crippen molar-refractivity contribution < 1.29 is 0 Å². The van der Waals surface area contributed by atoms with Crippen LogP contribution in [-0.2, 0) is 5.33 Å². The fourth-order valence-electron chi connectivity index (χ4n) is 2.06. The summed E-state index contributed by atoms with van der Waals surface area (Å²) >= 11 is 3.49. The Morgan fingerprint density at radius 1 is 0.850 bits per heavy atom. The highest BCUT2D eigenvalue weighted by molar-refractivity contribution is 9.08. The second-order valence-electron chi connectivity index (χ2n) is 4.34. The van der Waals surface area contributed by atoms with Crippen molar-refractivity contribution in [3.8, 4) is 22.3 Å². The van der Waals surface area contributed by atoms with E-state index in [4.69, 9.17) is 0 Å². The SMILES string of the molecule is BrCc1ncc(-c2cccnc2)cc1-c1cccnc1. The Bertz CT molecular complexity index is 699. The van der Waals surface area contributed by atoms with Crippen LogP contribution in [0.3, 0.4) is 0 Å². The molecule has 20 heavy (non-hydrogen) atoms. The lowest BCUT2D eigenvalue weighted by molar-refractivity contribution is 1.18. The lowest BCUT2D eigenvalue weighted by Crippen LogP contribution is -1.93. The van der Waals surface area contributed by atoms with E-state index < -0.39 is 0 Å². The lowest BCUT2D eigenvalue weighted by atomic mass is 10.0. The number of pyridine rings is 3. The third-order valence-corrected chi connectivity index (χ3v) is 3.60. The molecule has 0 amide bonds. The monoisotopic (exact) mass is 325 g/mol. The largest absolute Gasteiger partial charge is 0.264 e. The van der Waals surface area contributed by atoms with E-state index in [0.29, 0.717) is 5.33 Å². The van der Waals surface area contributed by atoms with Crippen LogP contribution in [0.15, 0.2) is 61.3 Å². The van der Waals surface area contributed by atoms with Crippen molar-refractivity contribution >= 4 is 15.9 Å². The van der Waals surface area contributed by atoms with Crippen molar-refractivity contribution in [2.24, 2.45) is 0 Å². The van der Waals surface area contributed by atoms with Crippen LogP contribution in [0.5, 0.6) is 0 Å². The molecule has 3 aromatic heterocycles. The number of alkyl halides is 1. The first-order valence-corrected chi connectivity index (χ1v) is 7.36. The van der Waals surface area contributed by atoms with E-state index in [-0.39, 0.29) is 0 Å². The fraction of sp³-hybridized carbons (Fsp3) is 0.0625. The zero-order chi connectivity index (χ0) is 13.8. The summed E-state index contributed by atoms with van der Waals surface area (Å²) in [7, 11) is 0. The molecule has 0 saturated heterocycles. The molecule has 0 saturated carbocycles. The molecule has 0 atom stereocenters. The van der Waals surface area contributed by atoms with Gasteiger partial charge in [0.2, 0.25) is 0 Å². The minimum absolute atomic E-state index is 0.713. The fourth-order valence-corrected chi connectivity index (χ4v) is 2.51. The van der Waals surface area contributed by atoms with Gasteiger partial charge in [-0.3, -0.25) is 15.0 Å². The number of aromatic nitrogens is 3. The first-order chi connectivity index (χ1) is 9.88. The number of hydrogen-bond donors (Lipinski definition) is 0. The second kappa shape index (κ2) is 5.92. The molecular weight excluding hydrogens is 314 g/mol. The van der Waals surface area contributed by atoms with E-state index in [1.54, 1.807) is 12.4 Å². The van der Waals surface area contributed by atoms with Gasteiger partial charge in [0.05, 0.1) is 5.69 Å². The number of hydrogen-bond acceptors (Lipinski definition) is 3. The van der Waals surface area contributed by atoms with Crippen molar-refractivity contribution in [1.29, 1.82) is 0 Å². The maximum atomic E-state index is 4.55. The Kier molecular flexibility index (Phi) is 3.83. The molecule has 0 aromatic carbocycles. The van der Waals surface area contributed by atoms with Crippen LogP contribution in [-0.4, -0.2) is 15.0 Å². The molecule has 0 aliphatic heterocycles. The van der Waals surface area contributed by atoms with Gasteiger partial charge in [-0.05, 0) is 18.2 Å². The summed E-state index contributed by atoms with van der Waals surface area (Å²) in [5, 5.41) is 0.713. The molecule has 98 valence electrons. The molecule has 3 nitrogen and oxygen atoms in total. The van der Waals surface area contributed by atoms with Crippen LogP contribution >= 0.6 is 15.9 Å². The Morgan fingerprint density at radius 3 is 2.15 bits per heavy atom. The van der Waals surface area contributed by atoms with Crippen LogP contribution in [0.4, 0.5) is 0 Å². The smallest absolute Gasteiger partial charge is 0.0588 e. The summed E-state index contributed by atoms with van der Waals surface area (Å²) in [6.07, 6.45) is 9.13. The molecule has 0 fully saturated rings. The van der Waals surface area contributed by atoms with E-state index >= 15 is 0 Å². The summed E-state index contributed by atoms with van der Waals surface area (Å²) in [6, 6.07) is 10.1. The Morgan fingerprint density at radius 2 is 1.55 bits per heavy atom. The average molecular weight is 326 g/mol. The highest BCUT2D eigenvalue weighted by Crippen LogP contribution is 2.28. The van der Waals surface area contributed by atoms with E-state index in [9.17, 15) is 0 Å². The van der Waals surface area contributed by atoms with Gasteiger partial charge in [0.1, 0.15) is 0 Å². The van der Waals surface area contributed by atoms with Gasteiger partial charge >= 0.3 is 0 Å². The Balaban J connectivity index is 2.13. The zero-order valence-corrected chi connectivity index (χ0v) is 12.3. The molecule has 0 aliphatic rings. The standard InChI is InChI=1S/C16H12BrN3/c17-8-16-15(13-4-2-6-19-10-13)7-14(11-20-16)12-3-1-5-18-9-12/h1-7,9-11H,8H2. The van der Waals surface area contributed by atoms with Crippen molar-refractivity contribution in [3.05, 3.63) is 67.0 Å². The van der Waals surface area contributed by atoms with Gasteiger partial charge in [0.15, 0.2) is 0 Å². The maximum Gasteiger partial charge on any atom is 0.0588 e. The minimum Gasteiger partial charge on any atom is -0.264 e. The van der Waals surface area contributed by atoms with E-state index in [1.807, 2.05) is 42.9 Å². The molecular formula is C16H12BrN3. The molecule has 0 unspecified atom stereocenters. The van der Waals surface area contributed by atoms with Crippen molar-refractivity contribution in [2.45, 2.75) is 5.33 Å². The highest BCUT2D eigenvalue weighted by atomic mass is 79.9. The van der Waals surface area contributed by atoms with Crippen molar-refractivity contribution in [3.63, 3.8) is 0 Å². The van der Waals surface area contributed by atoms with Gasteiger partial charge in [-0.15, -0.1) is 0 Å². The molecule has 0 spiro atoms. The van der Waals surface area contributed by atoms with Crippen molar-refractivity contribution in [1.82, 2.24) is 15.0 Å². The molecule has 4 heteroatoms. The second-order valence-corrected chi connectivity index (χ2v) is 4.90. The van der Waals surface area contributed by atoms with Gasteiger partial charge in [-0.2, -0.15) is 0 Å². The summed E-state index contributed by atoms with van der Waals surface area (Å²) in [6.45, 7) is 0. The Labute approximate surface area is 125 Å². The number of halogens is 1. The molecule has 3 aromatic rings. The van der Waals surface area contributed by atoms with Crippen molar-refractivity contribution in [2.75, 3.05) is 0 Å². The topological polar surface area (TPSA) is 38.7 Å². The van der Waals surface area contributed by atoms with Gasteiger partial charge in [0, 0.05) is 58.6 Å². The van der Waals surface area contributed by atoms with Crippen LogP contribution in [0.1, 0.15) is 5.69 Å². The Hall–Kier alpha value is -2.07. The first-order valence-electron chi connectivity index (χ1n) is 6.24. The molecule has 3 rings (SSSR count). The third-order valence-electron chi connectivity index (χ3n) is 3.06. The number of rotatable bonds is 3. The van der Waals surface area contributed by atoms with Gasteiger partial charge < -0.3 is 0 Å². The molecule has 0 bridgehead atoms. The summed E-state index contributed by atoms with van der Waals surface area (Å²) in [4.78, 5) is 12.9. The van der Waals surface area contributed by atoms with Crippen LogP contribution in [0, 0.1) is 0 Å². The van der Waals surface area contributed by atoms with Gasteiger partial charge in [-0.1, -0.05) is 28.1 Å². The molecule has 0 radical (unpaired) electrons. The maximum absolute atomic E-state index is 4.55. The molecule has 0 N–H and O–H groups in total. The predicted octanol–water partition coefficient (Wildman–Crippen LogP) is 4.10. The summed E-state index contributed by atoms with van der Waals surface area (Å²) in [5.41, 5.74) is 5.29. The van der Waals surface area contributed by atoms with Crippen LogP contribution in [0.2, 0.25) is 0 Å².